The Hall–Kier alpha value is -0.570. The van der Waals surface area contributed by atoms with Gasteiger partial charge in [0.1, 0.15) is 0 Å². The van der Waals surface area contributed by atoms with Crippen molar-refractivity contribution in [3.8, 4) is 0 Å². The first-order valence-corrected chi connectivity index (χ1v) is 5.14. The Kier molecular flexibility index (Phi) is 2.54. The quantitative estimate of drug-likeness (QED) is 0.657. The topological polar surface area (TPSA) is 38.3 Å². The van der Waals surface area contributed by atoms with E-state index in [1.807, 2.05) is 0 Å². The lowest BCUT2D eigenvalue weighted by Crippen LogP contribution is -2.32. The molecule has 74 valence electrons. The van der Waals surface area contributed by atoms with E-state index in [1.54, 1.807) is 0 Å². The summed E-state index contributed by atoms with van der Waals surface area (Å²) in [7, 11) is 0. The van der Waals surface area contributed by atoms with E-state index in [1.165, 1.54) is 6.42 Å². The lowest BCUT2D eigenvalue weighted by Gasteiger charge is -2.28. The maximum absolute atomic E-state index is 11.2. The number of rotatable bonds is 1. The Bertz CT molecular complexity index is 199. The van der Waals surface area contributed by atoms with Gasteiger partial charge in [0.05, 0.1) is 0 Å². The van der Waals surface area contributed by atoms with E-state index < -0.39 is 0 Å². The minimum absolute atomic E-state index is 0.211. The van der Waals surface area contributed by atoms with Crippen molar-refractivity contribution in [2.24, 2.45) is 11.8 Å². The predicted octanol–water partition coefficient (Wildman–Crippen LogP) is 0.938. The van der Waals surface area contributed by atoms with Crippen LogP contribution in [0.4, 0.5) is 0 Å². The molecule has 3 nitrogen and oxygen atoms in total. The van der Waals surface area contributed by atoms with Crippen LogP contribution in [0, 0.1) is 11.8 Å². The van der Waals surface area contributed by atoms with Gasteiger partial charge in [-0.1, -0.05) is 0 Å². The molecule has 2 saturated heterocycles. The second-order valence-electron chi connectivity index (χ2n) is 4.20. The van der Waals surface area contributed by atoms with Gasteiger partial charge in [-0.2, -0.15) is 0 Å². The Labute approximate surface area is 78.8 Å². The van der Waals surface area contributed by atoms with E-state index in [9.17, 15) is 4.79 Å². The van der Waals surface area contributed by atoms with Gasteiger partial charge in [0, 0.05) is 25.7 Å². The summed E-state index contributed by atoms with van der Waals surface area (Å²) < 4.78 is 5.44. The van der Waals surface area contributed by atoms with Gasteiger partial charge in [0.15, 0.2) is 0 Å². The SMILES string of the molecule is CC1NC(=O)CC1C1CCCOC1. The largest absolute Gasteiger partial charge is 0.381 e. The fraction of sp³-hybridized carbons (Fsp3) is 0.900. The Morgan fingerprint density at radius 1 is 1.54 bits per heavy atom. The van der Waals surface area contributed by atoms with E-state index >= 15 is 0 Å². The van der Waals surface area contributed by atoms with Crippen LogP contribution in [-0.2, 0) is 9.53 Å². The van der Waals surface area contributed by atoms with E-state index in [0.29, 0.717) is 24.3 Å². The summed E-state index contributed by atoms with van der Waals surface area (Å²) in [5.41, 5.74) is 0. The van der Waals surface area contributed by atoms with Gasteiger partial charge in [-0.15, -0.1) is 0 Å². The molecule has 0 saturated carbocycles. The van der Waals surface area contributed by atoms with Crippen molar-refractivity contribution in [1.82, 2.24) is 5.32 Å². The summed E-state index contributed by atoms with van der Waals surface area (Å²) in [6.45, 7) is 3.85. The van der Waals surface area contributed by atoms with Gasteiger partial charge in [0.25, 0.3) is 0 Å². The maximum Gasteiger partial charge on any atom is 0.220 e. The Morgan fingerprint density at radius 3 is 2.92 bits per heavy atom. The smallest absolute Gasteiger partial charge is 0.220 e. The monoisotopic (exact) mass is 183 g/mol. The Balaban J connectivity index is 1.95. The molecule has 1 amide bonds. The highest BCUT2D eigenvalue weighted by Crippen LogP contribution is 2.30. The maximum atomic E-state index is 11.2. The molecule has 2 heterocycles. The molecular formula is C10H17NO2. The van der Waals surface area contributed by atoms with Crippen molar-refractivity contribution in [3.63, 3.8) is 0 Å². The van der Waals surface area contributed by atoms with Crippen LogP contribution in [0.2, 0.25) is 0 Å². The van der Waals surface area contributed by atoms with Gasteiger partial charge in [-0.05, 0) is 31.6 Å². The van der Waals surface area contributed by atoms with Crippen LogP contribution in [0.5, 0.6) is 0 Å². The summed E-state index contributed by atoms with van der Waals surface area (Å²) in [5, 5.41) is 2.97. The van der Waals surface area contributed by atoms with E-state index in [-0.39, 0.29) is 5.91 Å². The van der Waals surface area contributed by atoms with Gasteiger partial charge < -0.3 is 10.1 Å². The van der Waals surface area contributed by atoms with Crippen LogP contribution in [0.25, 0.3) is 0 Å². The van der Waals surface area contributed by atoms with Crippen LogP contribution < -0.4 is 5.32 Å². The fourth-order valence-corrected chi connectivity index (χ4v) is 2.49. The molecule has 2 fully saturated rings. The van der Waals surface area contributed by atoms with Crippen LogP contribution in [0.15, 0.2) is 0 Å². The molecule has 2 aliphatic rings. The fourth-order valence-electron chi connectivity index (χ4n) is 2.49. The lowest BCUT2D eigenvalue weighted by atomic mass is 9.83. The van der Waals surface area contributed by atoms with Crippen molar-refractivity contribution in [3.05, 3.63) is 0 Å². The molecule has 13 heavy (non-hydrogen) atoms. The molecular weight excluding hydrogens is 166 g/mol. The van der Waals surface area contributed by atoms with Crippen molar-refractivity contribution < 1.29 is 9.53 Å². The molecule has 1 N–H and O–H groups in total. The molecule has 0 aromatic rings. The minimum Gasteiger partial charge on any atom is -0.381 e. The zero-order valence-electron chi connectivity index (χ0n) is 8.08. The molecule has 3 atom stereocenters. The number of amides is 1. The van der Waals surface area contributed by atoms with Crippen molar-refractivity contribution in [2.45, 2.75) is 32.2 Å². The lowest BCUT2D eigenvalue weighted by molar-refractivity contribution is -0.119. The molecule has 0 aliphatic carbocycles. The highest BCUT2D eigenvalue weighted by Gasteiger charge is 2.35. The first kappa shape index (κ1) is 9.00. The second-order valence-corrected chi connectivity index (χ2v) is 4.20. The minimum atomic E-state index is 0.211. The number of ether oxygens (including phenoxy) is 1. The third-order valence-corrected chi connectivity index (χ3v) is 3.25. The molecule has 2 aliphatic heterocycles. The summed E-state index contributed by atoms with van der Waals surface area (Å²) in [6, 6.07) is 0.346. The van der Waals surface area contributed by atoms with Crippen LogP contribution in [-0.4, -0.2) is 25.2 Å². The summed E-state index contributed by atoms with van der Waals surface area (Å²) >= 11 is 0. The molecule has 0 radical (unpaired) electrons. The molecule has 0 aromatic carbocycles. The molecule has 0 spiro atoms. The highest BCUT2D eigenvalue weighted by atomic mass is 16.5. The van der Waals surface area contributed by atoms with Crippen LogP contribution in [0.3, 0.4) is 0 Å². The number of carbonyl (C=O) groups is 1. The van der Waals surface area contributed by atoms with E-state index in [4.69, 9.17) is 4.74 Å². The number of nitrogens with one attached hydrogen (secondary N) is 1. The highest BCUT2D eigenvalue weighted by molar-refractivity contribution is 5.78. The van der Waals surface area contributed by atoms with E-state index in [0.717, 1.165) is 19.6 Å². The van der Waals surface area contributed by atoms with Gasteiger partial charge in [-0.25, -0.2) is 0 Å². The molecule has 2 rings (SSSR count). The van der Waals surface area contributed by atoms with Gasteiger partial charge >= 0.3 is 0 Å². The van der Waals surface area contributed by atoms with Gasteiger partial charge in [-0.3, -0.25) is 4.79 Å². The van der Waals surface area contributed by atoms with Crippen LogP contribution in [0.1, 0.15) is 26.2 Å². The third kappa shape index (κ3) is 1.85. The first-order chi connectivity index (χ1) is 6.27. The predicted molar refractivity (Wildman–Crippen MR) is 49.3 cm³/mol. The molecule has 0 aromatic heterocycles. The second kappa shape index (κ2) is 3.66. The zero-order valence-corrected chi connectivity index (χ0v) is 8.08. The number of hydrogen-bond acceptors (Lipinski definition) is 2. The molecule has 3 heteroatoms. The average Bonchev–Trinajstić information content (AvgIpc) is 2.47. The summed E-state index contributed by atoms with van der Waals surface area (Å²) in [4.78, 5) is 11.2. The van der Waals surface area contributed by atoms with Crippen molar-refractivity contribution >= 4 is 5.91 Å². The summed E-state index contributed by atoms with van der Waals surface area (Å²) in [5.74, 6) is 1.32. The standard InChI is InChI=1S/C10H17NO2/c1-7-9(5-10(12)11-7)8-3-2-4-13-6-8/h7-9H,2-6H2,1H3,(H,11,12). The molecule has 0 bridgehead atoms. The van der Waals surface area contributed by atoms with Crippen molar-refractivity contribution in [1.29, 1.82) is 0 Å². The average molecular weight is 183 g/mol. The molecule has 3 unspecified atom stereocenters. The number of hydrogen-bond donors (Lipinski definition) is 1. The third-order valence-electron chi connectivity index (χ3n) is 3.25. The first-order valence-electron chi connectivity index (χ1n) is 5.14. The normalized spacial score (nSPS) is 40.4. The number of carbonyl (C=O) groups excluding carboxylic acids is 1. The van der Waals surface area contributed by atoms with Crippen LogP contribution >= 0.6 is 0 Å². The van der Waals surface area contributed by atoms with Crippen molar-refractivity contribution in [2.75, 3.05) is 13.2 Å². The van der Waals surface area contributed by atoms with E-state index in [2.05, 4.69) is 12.2 Å². The van der Waals surface area contributed by atoms with Gasteiger partial charge in [0.2, 0.25) is 5.91 Å². The Morgan fingerprint density at radius 2 is 2.38 bits per heavy atom. The zero-order chi connectivity index (χ0) is 9.26. The summed E-state index contributed by atoms with van der Waals surface area (Å²) in [6.07, 6.45) is 3.08.